The smallest absolute Gasteiger partial charge is 0.339 e. The van der Waals surface area contributed by atoms with E-state index in [0.29, 0.717) is 5.56 Å². The normalized spacial score (nSPS) is 31.7. The van der Waals surface area contributed by atoms with Crippen LogP contribution in [0.15, 0.2) is 24.5 Å². The molecule has 0 N–H and O–H groups in total. The molecular formula is C26H37NO7. The number of fused-ring (bicyclic) bond motifs is 3. The van der Waals surface area contributed by atoms with Crippen LogP contribution in [0.1, 0.15) is 83.1 Å². The van der Waals surface area contributed by atoms with Crippen LogP contribution >= 0.6 is 0 Å². The molecule has 1 aromatic heterocycles. The number of unbranched alkanes of at least 4 members (excludes halogenated alkanes) is 1. The maximum absolute atomic E-state index is 13.0. The van der Waals surface area contributed by atoms with Crippen LogP contribution in [0.3, 0.4) is 0 Å². The minimum Gasteiger partial charge on any atom is -0.456 e. The van der Waals surface area contributed by atoms with Gasteiger partial charge in [-0.15, -0.1) is 0 Å². The van der Waals surface area contributed by atoms with Crippen molar-refractivity contribution < 1.29 is 33.2 Å². The first-order valence-electron chi connectivity index (χ1n) is 12.3. The molecule has 8 nitrogen and oxygen atoms in total. The summed E-state index contributed by atoms with van der Waals surface area (Å²) in [6, 6.07) is 1.84. The molecule has 0 spiro atoms. The molecule has 0 saturated carbocycles. The summed E-state index contributed by atoms with van der Waals surface area (Å²) in [6.07, 6.45) is 8.27. The molecule has 188 valence electrons. The van der Waals surface area contributed by atoms with E-state index in [4.69, 9.17) is 28.4 Å². The van der Waals surface area contributed by atoms with Gasteiger partial charge in [0.25, 0.3) is 0 Å². The topological polar surface area (TPSA) is 85.3 Å². The summed E-state index contributed by atoms with van der Waals surface area (Å²) in [5, 5.41) is 0. The maximum atomic E-state index is 13.0. The quantitative estimate of drug-likeness (QED) is 0.504. The third-order valence-electron chi connectivity index (χ3n) is 6.22. The third kappa shape index (κ3) is 5.21. The minimum atomic E-state index is -1.27. The zero-order valence-corrected chi connectivity index (χ0v) is 21.1. The van der Waals surface area contributed by atoms with Gasteiger partial charge in [0, 0.05) is 12.4 Å². The fourth-order valence-electron chi connectivity index (χ4n) is 4.88. The lowest BCUT2D eigenvalue weighted by atomic mass is 9.97. The van der Waals surface area contributed by atoms with Crippen LogP contribution in [0.2, 0.25) is 0 Å². The van der Waals surface area contributed by atoms with Gasteiger partial charge in [0.2, 0.25) is 5.79 Å². The number of allylic oxidation sites excluding steroid dienone is 2. The number of carbonyl (C=O) groups is 1. The SMILES string of the molecule is CCC/C=C(\CCC)c1cncc(C(=O)OC[C@@]23OC[C@H]4OC(C)(C)O[C@H]4[C@@H]2OC(C)(C)O3)c1. The second-order valence-corrected chi connectivity index (χ2v) is 10.1. The van der Waals surface area contributed by atoms with Crippen LogP contribution in [0.5, 0.6) is 0 Å². The summed E-state index contributed by atoms with van der Waals surface area (Å²) in [5.74, 6) is -3.45. The number of aromatic nitrogens is 1. The summed E-state index contributed by atoms with van der Waals surface area (Å²) < 4.78 is 36.2. The van der Waals surface area contributed by atoms with Crippen molar-refractivity contribution in [3.8, 4) is 0 Å². The first-order chi connectivity index (χ1) is 16.1. The average molecular weight is 476 g/mol. The highest BCUT2D eigenvalue weighted by Crippen LogP contribution is 2.47. The molecule has 3 aliphatic rings. The van der Waals surface area contributed by atoms with Crippen molar-refractivity contribution in [2.45, 2.75) is 103 Å². The summed E-state index contributed by atoms with van der Waals surface area (Å²) in [5.41, 5.74) is 2.53. The maximum Gasteiger partial charge on any atom is 0.339 e. The van der Waals surface area contributed by atoms with Crippen molar-refractivity contribution >= 4 is 11.5 Å². The highest BCUT2D eigenvalue weighted by Gasteiger charge is 2.66. The van der Waals surface area contributed by atoms with Gasteiger partial charge in [-0.3, -0.25) is 4.98 Å². The highest BCUT2D eigenvalue weighted by molar-refractivity contribution is 5.90. The highest BCUT2D eigenvalue weighted by atomic mass is 16.9. The molecule has 34 heavy (non-hydrogen) atoms. The second kappa shape index (κ2) is 9.66. The first kappa shape index (κ1) is 25.3. The van der Waals surface area contributed by atoms with E-state index < -0.39 is 35.5 Å². The monoisotopic (exact) mass is 475 g/mol. The van der Waals surface area contributed by atoms with E-state index in [9.17, 15) is 4.79 Å². The van der Waals surface area contributed by atoms with Gasteiger partial charge in [-0.1, -0.05) is 32.8 Å². The molecule has 8 heteroatoms. The van der Waals surface area contributed by atoms with Gasteiger partial charge in [0.1, 0.15) is 24.9 Å². The van der Waals surface area contributed by atoms with Crippen molar-refractivity contribution in [1.82, 2.24) is 4.98 Å². The van der Waals surface area contributed by atoms with E-state index in [0.717, 1.165) is 31.2 Å². The Labute approximate surface area is 201 Å². The summed E-state index contributed by atoms with van der Waals surface area (Å²) in [6.45, 7) is 11.7. The number of ether oxygens (including phenoxy) is 6. The molecule has 0 radical (unpaired) electrons. The van der Waals surface area contributed by atoms with Crippen LogP contribution in [-0.4, -0.2) is 59.8 Å². The van der Waals surface area contributed by atoms with Crippen LogP contribution < -0.4 is 0 Å². The number of esters is 1. The number of hydrogen-bond donors (Lipinski definition) is 0. The predicted molar refractivity (Wildman–Crippen MR) is 125 cm³/mol. The van der Waals surface area contributed by atoms with Crippen molar-refractivity contribution in [3.05, 3.63) is 35.7 Å². The molecule has 4 atom stereocenters. The standard InChI is InChI=1S/C26H37NO7/c1-7-9-11-17(10-8-2)18-12-19(14-27-13-18)23(28)29-16-26-22(33-25(5,6)34-26)21-20(15-30-26)31-24(3,4)32-21/h11-14,20-22H,7-10,15-16H2,1-6H3/b17-11+/t20-,21-,22+,26+/m1/s1. The summed E-state index contributed by atoms with van der Waals surface area (Å²) >= 11 is 0. The van der Waals surface area contributed by atoms with Crippen molar-refractivity contribution in [2.75, 3.05) is 13.2 Å². The lowest BCUT2D eigenvalue weighted by Crippen LogP contribution is -2.60. The molecule has 0 aliphatic carbocycles. The molecule has 0 unspecified atom stereocenters. The minimum absolute atomic E-state index is 0.134. The first-order valence-corrected chi connectivity index (χ1v) is 12.3. The Morgan fingerprint density at radius 2 is 1.85 bits per heavy atom. The Morgan fingerprint density at radius 3 is 2.59 bits per heavy atom. The Bertz CT molecular complexity index is 927. The van der Waals surface area contributed by atoms with Crippen molar-refractivity contribution in [2.24, 2.45) is 0 Å². The fraction of sp³-hybridized carbons (Fsp3) is 0.692. The van der Waals surface area contributed by atoms with Crippen LogP contribution in [0, 0.1) is 0 Å². The number of rotatable bonds is 8. The summed E-state index contributed by atoms with van der Waals surface area (Å²) in [7, 11) is 0. The van der Waals surface area contributed by atoms with E-state index >= 15 is 0 Å². The van der Waals surface area contributed by atoms with E-state index in [1.165, 1.54) is 11.8 Å². The van der Waals surface area contributed by atoms with Gasteiger partial charge in [-0.25, -0.2) is 4.79 Å². The van der Waals surface area contributed by atoms with E-state index in [1.807, 2.05) is 19.9 Å². The fourth-order valence-corrected chi connectivity index (χ4v) is 4.88. The molecule has 3 saturated heterocycles. The number of nitrogens with zero attached hydrogens (tertiary/aromatic N) is 1. The Balaban J connectivity index is 1.50. The molecule has 0 amide bonds. The number of carbonyl (C=O) groups excluding carboxylic acids is 1. The zero-order chi connectivity index (χ0) is 24.6. The lowest BCUT2D eigenvalue weighted by Gasteiger charge is -2.40. The van der Waals surface area contributed by atoms with Gasteiger partial charge in [-0.2, -0.15) is 0 Å². The molecule has 4 rings (SSSR count). The molecule has 0 aromatic carbocycles. The summed E-state index contributed by atoms with van der Waals surface area (Å²) in [4.78, 5) is 17.3. The molecule has 0 bridgehead atoms. The van der Waals surface area contributed by atoms with E-state index in [-0.39, 0.29) is 19.3 Å². The molecule has 3 aliphatic heterocycles. The van der Waals surface area contributed by atoms with Crippen molar-refractivity contribution in [3.63, 3.8) is 0 Å². The molecule has 1 aromatic rings. The largest absolute Gasteiger partial charge is 0.456 e. The predicted octanol–water partition coefficient (Wildman–Crippen LogP) is 4.62. The van der Waals surface area contributed by atoms with Gasteiger partial charge in [0.05, 0.1) is 12.2 Å². The Hall–Kier alpha value is -1.84. The zero-order valence-electron chi connectivity index (χ0n) is 21.1. The number of pyridine rings is 1. The number of hydrogen-bond acceptors (Lipinski definition) is 8. The van der Waals surface area contributed by atoms with Crippen molar-refractivity contribution in [1.29, 1.82) is 0 Å². The van der Waals surface area contributed by atoms with E-state index in [2.05, 4.69) is 24.9 Å². The van der Waals surface area contributed by atoms with Crippen LogP contribution in [-0.2, 0) is 28.4 Å². The third-order valence-corrected chi connectivity index (χ3v) is 6.22. The van der Waals surface area contributed by atoms with Gasteiger partial charge in [-0.05, 0) is 57.7 Å². The van der Waals surface area contributed by atoms with E-state index in [1.54, 1.807) is 20.0 Å². The van der Waals surface area contributed by atoms with Crippen LogP contribution in [0.25, 0.3) is 5.57 Å². The average Bonchev–Trinajstić information content (AvgIpc) is 3.26. The van der Waals surface area contributed by atoms with Crippen LogP contribution in [0.4, 0.5) is 0 Å². The Kier molecular flexibility index (Phi) is 7.18. The Morgan fingerprint density at radius 1 is 1.09 bits per heavy atom. The second-order valence-electron chi connectivity index (χ2n) is 10.1. The van der Waals surface area contributed by atoms with Gasteiger partial charge >= 0.3 is 5.97 Å². The van der Waals surface area contributed by atoms with Gasteiger partial charge in [0.15, 0.2) is 11.6 Å². The molecule has 3 fully saturated rings. The molecular weight excluding hydrogens is 438 g/mol. The molecule has 4 heterocycles. The van der Waals surface area contributed by atoms with Gasteiger partial charge < -0.3 is 28.4 Å². The lowest BCUT2D eigenvalue weighted by molar-refractivity contribution is -0.293.